The smallest absolute Gasteiger partial charge is 0.464 e. The zero-order valence-corrected chi connectivity index (χ0v) is 83.7. The summed E-state index contributed by atoms with van der Waals surface area (Å²) in [4.78, 5) is 93.0. The van der Waals surface area contributed by atoms with E-state index >= 15 is 0 Å². The number of imidazole rings is 4. The minimum atomic E-state index is -3.88. The van der Waals surface area contributed by atoms with Crippen molar-refractivity contribution in [3.63, 3.8) is 0 Å². The second-order valence-corrected chi connectivity index (χ2v) is 48.3. The number of hydrogen-bond donors (Lipinski definition) is 6. The molecule has 8 fully saturated rings. The lowest BCUT2D eigenvalue weighted by Gasteiger charge is -2.37. The summed E-state index contributed by atoms with van der Waals surface area (Å²) >= 11 is 29.9. The van der Waals surface area contributed by atoms with Gasteiger partial charge in [0.1, 0.15) is 129 Å². The summed E-state index contributed by atoms with van der Waals surface area (Å²) in [5.74, 6) is 0.335. The van der Waals surface area contributed by atoms with Crippen molar-refractivity contribution in [2.24, 2.45) is 34.5 Å². The van der Waals surface area contributed by atoms with E-state index < -0.39 is 147 Å². The molecule has 8 saturated heterocycles. The second-order valence-electron chi connectivity index (χ2n) is 36.2. The number of nitrogens with one attached hydrogen (secondary N) is 2. The molecule has 16 heterocycles. The van der Waals surface area contributed by atoms with Gasteiger partial charge >= 0.3 is 43.1 Å². The molecular formula is C76H110Cl4N22O24P4S2. The van der Waals surface area contributed by atoms with Crippen molar-refractivity contribution in [1.82, 2.24) is 88.3 Å². The number of phosphoric acid groups is 2. The van der Waals surface area contributed by atoms with Gasteiger partial charge in [-0.15, -0.1) is 46.4 Å². The Morgan fingerprint density at radius 3 is 0.939 bits per heavy atom. The summed E-state index contributed by atoms with van der Waals surface area (Å²) in [6.07, 6.45) is 2.99. The van der Waals surface area contributed by atoms with Crippen molar-refractivity contribution in [3.05, 3.63) is 50.6 Å². The summed E-state index contributed by atoms with van der Waals surface area (Å²) < 4.78 is 151. The van der Waals surface area contributed by atoms with Gasteiger partial charge in [0.25, 0.3) is 0 Å². The molecule has 0 aromatic carbocycles. The van der Waals surface area contributed by atoms with Crippen LogP contribution in [0.15, 0.2) is 50.6 Å². The van der Waals surface area contributed by atoms with Gasteiger partial charge in [0.05, 0.1) is 88.9 Å². The van der Waals surface area contributed by atoms with Crippen LogP contribution in [0.5, 0.6) is 0 Å². The molecule has 0 saturated carbocycles. The van der Waals surface area contributed by atoms with E-state index in [9.17, 15) is 37.4 Å². The number of ether oxygens (including phenoxy) is 6. The number of esters is 2. The number of hydrogen-bond acceptors (Lipinski definition) is 42. The molecule has 16 rings (SSSR count). The van der Waals surface area contributed by atoms with Crippen LogP contribution in [0.3, 0.4) is 0 Å². The third-order valence-corrected chi connectivity index (χ3v) is 32.5. The van der Waals surface area contributed by atoms with Crippen molar-refractivity contribution in [2.75, 3.05) is 87.3 Å². The molecule has 132 heavy (non-hydrogen) atoms. The summed E-state index contributed by atoms with van der Waals surface area (Å²) in [5, 5.41) is 5.89. The Morgan fingerprint density at radius 1 is 0.432 bits per heavy atom. The van der Waals surface area contributed by atoms with E-state index in [1.165, 1.54) is 50.6 Å². The number of carbonyl (C=O) groups is 4. The largest absolute Gasteiger partial charge is 0.475 e. The standard InChI is InChI=1S/2C20H30ClN6O6P.2C18H25ClN5O6PS/c2*1-10(2)12(6-30-18(28)11(3)4)26-34(29)31-7-13-15(33-34)20(5,21)19(32-13)27-9-25-14-16(22)23-8-24-17(14)27;2*1-17(2,3)16(25)32-6-5-27-31(26)28-7-10-12(30-31)18(4,19)15(29-10)24-9-23-11-13(20)21-8-22-14(11)24/h2*8-13,15,19H,6-7H2,1-5H3,(H,26,29)(H2,22,23,24);2*8-10,12,15H,5-7H2,1-4H3,(H2,20,21,22)/t12?,13-,15-,19-,20-,34?;12-,13+,15+,19+,20+,34?;10-,12-,15-,18-,31+;10-,12-,15-,18-,31-/m1011/s1. The van der Waals surface area contributed by atoms with Crippen molar-refractivity contribution < 1.29 is 111 Å². The summed E-state index contributed by atoms with van der Waals surface area (Å²) in [7, 11) is -15.4. The Kier molecular flexibility index (Phi) is 31.5. The topological polar surface area (TPSA) is 587 Å². The maximum Gasteiger partial charge on any atom is 0.475 e. The predicted octanol–water partition coefficient (Wildman–Crippen LogP) is 11.6. The molecule has 0 aliphatic carbocycles. The lowest BCUT2D eigenvalue weighted by atomic mass is 9.99. The summed E-state index contributed by atoms with van der Waals surface area (Å²) in [6, 6.07) is -0.913. The SMILES string of the molecule is CC(C)(C)C(=O)SCCO[P@@]1(=O)OC[C@H]2O[C@@H](n3cnc4c(N)ncnc43)[C@](C)(Cl)[C@@H]2O1.CC(C)(C)C(=O)SCCO[P@]1(=O)OC[C@H]2O[C@@H](n3cnc4c(N)ncnc43)[C@](C)(Cl)[C@@H]2O1.CC(C)C(=O)OCC(NP1(=O)OC[C@H]2O[C@@H](n3cnc4c(N)ncnc43)[C@](C)(Cl)[C@@H]2O1)C(C)C.CC(C)C(=O)OC[C@H](NP1(=O)OC[C@H]2O[C@@H](n3cnc4c(N)ncnc43)[C@](C)(Cl)[C@@H]2O1)C(C)C. The lowest BCUT2D eigenvalue weighted by molar-refractivity contribution is -0.149. The molecule has 0 spiro atoms. The van der Waals surface area contributed by atoms with Crippen molar-refractivity contribution >= 4 is 191 Å². The highest BCUT2D eigenvalue weighted by Gasteiger charge is 2.65. The van der Waals surface area contributed by atoms with E-state index in [0.717, 1.165) is 23.5 Å². The van der Waals surface area contributed by atoms with E-state index in [4.69, 9.17) is 143 Å². The minimum absolute atomic E-state index is 0.00585. The molecule has 8 aromatic heterocycles. The molecule has 22 atom stereocenters. The van der Waals surface area contributed by atoms with Crippen LogP contribution in [0, 0.1) is 34.5 Å². The number of aromatic nitrogens is 16. The molecule has 10 N–H and O–H groups in total. The number of carbonyl (C=O) groups excluding carboxylic acids is 4. The van der Waals surface area contributed by atoms with Gasteiger partial charge in [0, 0.05) is 22.3 Å². The number of fused-ring (bicyclic) bond motifs is 8. The van der Waals surface area contributed by atoms with Crippen LogP contribution < -0.4 is 33.1 Å². The first kappa shape index (κ1) is 103. The van der Waals surface area contributed by atoms with Crippen molar-refractivity contribution in [3.8, 4) is 0 Å². The first-order chi connectivity index (χ1) is 61.7. The third kappa shape index (κ3) is 22.2. The van der Waals surface area contributed by atoms with Crippen molar-refractivity contribution in [2.45, 2.75) is 230 Å². The van der Waals surface area contributed by atoms with Gasteiger partial charge in [-0.1, -0.05) is 120 Å². The van der Waals surface area contributed by atoms with E-state index in [-0.39, 0.29) is 122 Å². The normalized spacial score (nSPS) is 32.6. The Morgan fingerprint density at radius 2 is 0.689 bits per heavy atom. The molecule has 0 amide bonds. The van der Waals surface area contributed by atoms with Crippen LogP contribution in [-0.2, 0) is 111 Å². The van der Waals surface area contributed by atoms with E-state index in [1.807, 2.05) is 69.2 Å². The zero-order chi connectivity index (χ0) is 96.3. The van der Waals surface area contributed by atoms with Crippen LogP contribution in [0.1, 0.15) is 150 Å². The average Bonchev–Trinajstić information content (AvgIpc) is 1.59. The fourth-order valence-corrected chi connectivity index (χ4v) is 25.0. The number of phosphoric ester groups is 2. The molecule has 3 unspecified atom stereocenters. The van der Waals surface area contributed by atoms with Gasteiger partial charge < -0.3 is 51.4 Å². The van der Waals surface area contributed by atoms with Crippen LogP contribution in [-0.4, -0.2) is 245 Å². The monoisotopic (exact) mass is 2040 g/mol. The van der Waals surface area contributed by atoms with Gasteiger partial charge in [-0.05, 0) is 39.5 Å². The van der Waals surface area contributed by atoms with Gasteiger partial charge in [0.15, 0.2) is 81.0 Å². The molecule has 8 aromatic rings. The Bertz CT molecular complexity index is 5390. The predicted molar refractivity (Wildman–Crippen MR) is 486 cm³/mol. The number of halogens is 4. The Labute approximate surface area is 788 Å². The number of nitrogens with zero attached hydrogens (tertiary/aromatic N) is 16. The first-order valence-corrected chi connectivity index (χ1v) is 51.5. The number of thioether (sulfide) groups is 2. The zero-order valence-electron chi connectivity index (χ0n) is 75.5. The van der Waals surface area contributed by atoms with Gasteiger partial charge in [-0.2, -0.15) is 0 Å². The number of rotatable bonds is 24. The quantitative estimate of drug-likeness (QED) is 0.0142. The highest BCUT2D eigenvalue weighted by atomic mass is 35.5. The van der Waals surface area contributed by atoms with Crippen LogP contribution >= 0.6 is 101 Å². The molecule has 56 heteroatoms. The van der Waals surface area contributed by atoms with E-state index in [0.29, 0.717) is 56.2 Å². The molecule has 0 radical (unpaired) electrons. The summed E-state index contributed by atoms with van der Waals surface area (Å²) in [6.45, 7) is 32.6. The molecule has 8 aliphatic rings. The molecule has 8 aliphatic heterocycles. The third-order valence-electron chi connectivity index (χ3n) is 22.2. The number of nitrogens with two attached hydrogens (primary N) is 4. The van der Waals surface area contributed by atoms with Crippen LogP contribution in [0.25, 0.3) is 44.7 Å². The van der Waals surface area contributed by atoms with Crippen molar-refractivity contribution in [1.29, 1.82) is 0 Å². The highest BCUT2D eigenvalue weighted by Crippen LogP contribution is 2.64. The maximum atomic E-state index is 13.5. The number of anilines is 4. The Balaban J connectivity index is 0.000000150. The highest BCUT2D eigenvalue weighted by molar-refractivity contribution is 8.14. The minimum Gasteiger partial charge on any atom is -0.464 e. The molecular weight excluding hydrogens is 1930 g/mol. The van der Waals surface area contributed by atoms with Gasteiger partial charge in [-0.3, -0.25) is 82.7 Å². The average molecular weight is 2050 g/mol. The fraction of sp³-hybridized carbons (Fsp3) is 0.684. The number of alkyl halides is 4. The maximum absolute atomic E-state index is 13.5. The van der Waals surface area contributed by atoms with Crippen LogP contribution in [0.2, 0.25) is 0 Å². The number of nitrogen functional groups attached to an aromatic ring is 4. The molecule has 0 bridgehead atoms. The Hall–Kier alpha value is -6.18. The fourth-order valence-electron chi connectivity index (χ4n) is 14.7. The van der Waals surface area contributed by atoms with Gasteiger partial charge in [0.2, 0.25) is 0 Å². The lowest BCUT2D eigenvalue weighted by Crippen LogP contribution is -2.47. The second kappa shape index (κ2) is 40.3. The molecule has 46 nitrogen and oxygen atoms in total. The van der Waals surface area contributed by atoms with Crippen LogP contribution in [0.4, 0.5) is 23.3 Å². The first-order valence-electron chi connectivity index (χ1n) is 42.0. The van der Waals surface area contributed by atoms with E-state index in [1.54, 1.807) is 73.7 Å². The summed E-state index contributed by atoms with van der Waals surface area (Å²) in [5.41, 5.74) is 26.1. The molecule has 728 valence electrons. The van der Waals surface area contributed by atoms with Gasteiger partial charge in [-0.25, -0.2) is 88.2 Å². The van der Waals surface area contributed by atoms with E-state index in [2.05, 4.69) is 70.0 Å².